The molecule has 9 nitrogen and oxygen atoms in total. The molecule has 0 spiro atoms. The first-order chi connectivity index (χ1) is 12.4. The van der Waals surface area contributed by atoms with E-state index in [1.165, 1.54) is 24.3 Å². The SMILES string of the molecule is O=C(O)CSc1n[nH]c(-c2cc(-c3ccc([O-])cc3)cc(N(O)O)c2)n1. The highest BCUT2D eigenvalue weighted by Gasteiger charge is 2.12. The Labute approximate surface area is 151 Å². The van der Waals surface area contributed by atoms with Gasteiger partial charge >= 0.3 is 5.97 Å². The second-order valence-electron chi connectivity index (χ2n) is 5.23. The summed E-state index contributed by atoms with van der Waals surface area (Å²) in [5.74, 6) is -0.955. The van der Waals surface area contributed by atoms with Crippen LogP contribution in [0.4, 0.5) is 5.69 Å². The molecule has 0 aliphatic heterocycles. The molecule has 0 aliphatic rings. The maximum atomic E-state index is 11.3. The van der Waals surface area contributed by atoms with Crippen LogP contribution in [0.25, 0.3) is 22.5 Å². The monoisotopic (exact) mass is 373 g/mol. The topological polar surface area (TPSA) is 146 Å². The quantitative estimate of drug-likeness (QED) is 0.376. The Morgan fingerprint density at radius 3 is 2.46 bits per heavy atom. The van der Waals surface area contributed by atoms with Gasteiger partial charge in [0.1, 0.15) is 0 Å². The number of anilines is 1. The van der Waals surface area contributed by atoms with E-state index in [4.69, 9.17) is 5.11 Å². The molecular weight excluding hydrogens is 360 g/mol. The van der Waals surface area contributed by atoms with E-state index in [0.717, 1.165) is 11.8 Å². The number of nitrogens with zero attached hydrogens (tertiary/aromatic N) is 3. The van der Waals surface area contributed by atoms with Gasteiger partial charge in [0, 0.05) is 5.56 Å². The average Bonchev–Trinajstić information content (AvgIpc) is 3.09. The van der Waals surface area contributed by atoms with Crippen LogP contribution in [0.1, 0.15) is 0 Å². The Morgan fingerprint density at radius 2 is 1.81 bits per heavy atom. The Balaban J connectivity index is 1.98. The number of hydrogen-bond donors (Lipinski definition) is 4. The van der Waals surface area contributed by atoms with Gasteiger partial charge in [-0.15, -0.1) is 16.1 Å². The van der Waals surface area contributed by atoms with E-state index in [1.54, 1.807) is 18.2 Å². The summed E-state index contributed by atoms with van der Waals surface area (Å²) in [5, 5.41) is 45.6. The first-order valence-electron chi connectivity index (χ1n) is 7.30. The fourth-order valence-electron chi connectivity index (χ4n) is 2.24. The van der Waals surface area contributed by atoms with Crippen LogP contribution in [0, 0.1) is 0 Å². The van der Waals surface area contributed by atoms with Crippen molar-refractivity contribution in [3.63, 3.8) is 0 Å². The molecule has 1 aromatic heterocycles. The number of rotatable bonds is 6. The second kappa shape index (κ2) is 7.44. The number of thioether (sulfide) groups is 1. The molecule has 0 saturated carbocycles. The standard InChI is InChI=1S/C16H14N4O5S/c21-13-3-1-9(2-4-13)10-5-11(7-12(6-10)20(24)25)15-17-16(19-18-15)26-8-14(22)23/h1-7,21,24-25H,8H2,(H,22,23)(H,17,18,19)/p-1. The van der Waals surface area contributed by atoms with Crippen molar-refractivity contribution in [1.29, 1.82) is 0 Å². The van der Waals surface area contributed by atoms with Crippen molar-refractivity contribution in [2.24, 2.45) is 0 Å². The van der Waals surface area contributed by atoms with Crippen LogP contribution < -0.4 is 10.3 Å². The highest BCUT2D eigenvalue weighted by molar-refractivity contribution is 7.99. The van der Waals surface area contributed by atoms with Crippen LogP contribution in [0.3, 0.4) is 0 Å². The van der Waals surface area contributed by atoms with E-state index in [1.807, 2.05) is 0 Å². The van der Waals surface area contributed by atoms with E-state index in [0.29, 0.717) is 22.5 Å². The maximum absolute atomic E-state index is 11.3. The number of H-pyrrole nitrogens is 1. The molecule has 4 N–H and O–H groups in total. The van der Waals surface area contributed by atoms with Crippen molar-refractivity contribution in [2.75, 3.05) is 11.0 Å². The van der Waals surface area contributed by atoms with Gasteiger partial charge in [-0.3, -0.25) is 20.3 Å². The maximum Gasteiger partial charge on any atom is 0.313 e. The lowest BCUT2D eigenvalue weighted by molar-refractivity contribution is -0.268. The minimum Gasteiger partial charge on any atom is -0.872 e. The first-order valence-corrected chi connectivity index (χ1v) is 8.29. The van der Waals surface area contributed by atoms with Crippen molar-refractivity contribution in [3.8, 4) is 28.3 Å². The summed E-state index contributed by atoms with van der Waals surface area (Å²) in [5.41, 5.74) is 1.92. The van der Waals surface area contributed by atoms with Crippen molar-refractivity contribution >= 4 is 23.4 Å². The van der Waals surface area contributed by atoms with Gasteiger partial charge in [-0.1, -0.05) is 36.0 Å². The largest absolute Gasteiger partial charge is 0.872 e. The highest BCUT2D eigenvalue weighted by atomic mass is 32.2. The van der Waals surface area contributed by atoms with Crippen molar-refractivity contribution in [2.45, 2.75) is 5.16 Å². The van der Waals surface area contributed by atoms with Crippen LogP contribution in [-0.2, 0) is 4.79 Å². The first kappa shape index (κ1) is 17.7. The summed E-state index contributed by atoms with van der Waals surface area (Å²) in [7, 11) is 0. The van der Waals surface area contributed by atoms with Crippen molar-refractivity contribution in [1.82, 2.24) is 15.2 Å². The minimum atomic E-state index is -0.983. The predicted molar refractivity (Wildman–Crippen MR) is 91.1 cm³/mol. The molecule has 134 valence electrons. The van der Waals surface area contributed by atoms with E-state index in [-0.39, 0.29) is 27.6 Å². The normalized spacial score (nSPS) is 10.7. The molecule has 3 aromatic rings. The second-order valence-corrected chi connectivity index (χ2v) is 6.17. The molecule has 1 heterocycles. The van der Waals surface area contributed by atoms with Crippen molar-refractivity contribution in [3.05, 3.63) is 42.5 Å². The molecule has 0 aliphatic carbocycles. The van der Waals surface area contributed by atoms with Gasteiger partial charge in [-0.2, -0.15) is 0 Å². The minimum absolute atomic E-state index is 0.0224. The third-order valence-corrected chi connectivity index (χ3v) is 4.23. The fourth-order valence-corrected chi connectivity index (χ4v) is 2.76. The summed E-state index contributed by atoms with van der Waals surface area (Å²) < 4.78 is 0. The van der Waals surface area contributed by atoms with Gasteiger partial charge in [0.2, 0.25) is 5.16 Å². The molecule has 10 heteroatoms. The Morgan fingerprint density at radius 1 is 1.12 bits per heavy atom. The van der Waals surface area contributed by atoms with Gasteiger partial charge in [-0.05, 0) is 29.3 Å². The zero-order chi connectivity index (χ0) is 18.7. The van der Waals surface area contributed by atoms with E-state index >= 15 is 0 Å². The van der Waals surface area contributed by atoms with Gasteiger partial charge < -0.3 is 10.2 Å². The molecule has 0 bridgehead atoms. The summed E-state index contributed by atoms with van der Waals surface area (Å²) in [6.45, 7) is 0. The zero-order valence-electron chi connectivity index (χ0n) is 13.2. The number of benzene rings is 2. The third-order valence-electron chi connectivity index (χ3n) is 3.40. The van der Waals surface area contributed by atoms with Crippen LogP contribution in [-0.4, -0.2) is 42.4 Å². The van der Waals surface area contributed by atoms with Gasteiger partial charge in [0.15, 0.2) is 5.82 Å². The summed E-state index contributed by atoms with van der Waals surface area (Å²) in [6.07, 6.45) is 0. The predicted octanol–water partition coefficient (Wildman–Crippen LogP) is 1.97. The van der Waals surface area contributed by atoms with Crippen LogP contribution in [0.15, 0.2) is 47.6 Å². The number of carboxylic acid groups (broad SMARTS) is 1. The summed E-state index contributed by atoms with van der Waals surface area (Å²) in [4.78, 5) is 14.8. The number of aromatic amines is 1. The highest BCUT2D eigenvalue weighted by Crippen LogP contribution is 2.31. The van der Waals surface area contributed by atoms with Crippen LogP contribution in [0.2, 0.25) is 0 Å². The van der Waals surface area contributed by atoms with Gasteiger partial charge in [-0.25, -0.2) is 4.98 Å². The number of aromatic nitrogens is 3. The summed E-state index contributed by atoms with van der Waals surface area (Å²) in [6, 6.07) is 10.8. The molecule has 0 fully saturated rings. The smallest absolute Gasteiger partial charge is 0.313 e. The molecule has 2 aromatic carbocycles. The molecule has 26 heavy (non-hydrogen) atoms. The Kier molecular flexibility index (Phi) is 5.07. The van der Waals surface area contributed by atoms with Crippen LogP contribution >= 0.6 is 11.8 Å². The number of nitrogens with one attached hydrogen (secondary N) is 1. The average molecular weight is 373 g/mol. The molecule has 0 amide bonds. The molecule has 3 rings (SSSR count). The zero-order valence-corrected chi connectivity index (χ0v) is 14.0. The molecule has 0 unspecified atom stereocenters. The van der Waals surface area contributed by atoms with E-state index < -0.39 is 5.97 Å². The van der Waals surface area contributed by atoms with Crippen LogP contribution in [0.5, 0.6) is 5.75 Å². The lowest BCUT2D eigenvalue weighted by atomic mass is 10.0. The number of aliphatic carboxylic acids is 1. The fraction of sp³-hybridized carbons (Fsp3) is 0.0625. The van der Waals surface area contributed by atoms with E-state index in [2.05, 4.69) is 15.2 Å². The van der Waals surface area contributed by atoms with Crippen molar-refractivity contribution < 1.29 is 25.4 Å². The number of hydrogen-bond acceptors (Lipinski definition) is 8. The molecule has 0 radical (unpaired) electrons. The molecule has 0 atom stereocenters. The summed E-state index contributed by atoms with van der Waals surface area (Å²) >= 11 is 0.960. The molecular formula is C16H13N4O5S-. The lowest BCUT2D eigenvalue weighted by Gasteiger charge is -2.13. The van der Waals surface area contributed by atoms with Gasteiger partial charge in [0.05, 0.1) is 11.4 Å². The van der Waals surface area contributed by atoms with Gasteiger partial charge in [0.25, 0.3) is 0 Å². The Bertz CT molecular complexity index is 927. The number of carbonyl (C=O) groups is 1. The molecule has 0 saturated heterocycles. The lowest BCUT2D eigenvalue weighted by Crippen LogP contribution is -2.11. The van der Waals surface area contributed by atoms with E-state index in [9.17, 15) is 20.3 Å². The Hall–Kier alpha value is -3.08. The third kappa shape index (κ3) is 4.11. The number of carboxylic acids is 1.